The lowest BCUT2D eigenvalue weighted by molar-refractivity contribution is -0.156. The maximum Gasteiger partial charge on any atom is 0.316 e. The molecule has 2 aliphatic rings. The Labute approximate surface area is 130 Å². The van der Waals surface area contributed by atoms with E-state index in [2.05, 4.69) is 4.90 Å². The molecule has 4 atom stereocenters. The first-order chi connectivity index (χ1) is 10.7. The molecule has 2 fully saturated rings. The Morgan fingerprint density at radius 3 is 2.36 bits per heavy atom. The number of carbonyl (C=O) groups is 1. The molecule has 2 heterocycles. The molecule has 1 unspecified atom stereocenters. The second-order valence-corrected chi connectivity index (χ2v) is 6.22. The molecule has 2 aliphatic heterocycles. The molecule has 1 aromatic rings. The Balaban J connectivity index is 1.62. The third-order valence-electron chi connectivity index (χ3n) is 4.96. The van der Waals surface area contributed by atoms with Crippen molar-refractivity contribution in [2.45, 2.75) is 49.8 Å². The molecule has 22 heavy (non-hydrogen) atoms. The lowest BCUT2D eigenvalue weighted by Gasteiger charge is -2.37. The van der Waals surface area contributed by atoms with Crippen molar-refractivity contribution in [2.24, 2.45) is 0 Å². The fourth-order valence-electron chi connectivity index (χ4n) is 3.80. The summed E-state index contributed by atoms with van der Waals surface area (Å²) in [6, 6.07) is 9.87. The summed E-state index contributed by atoms with van der Waals surface area (Å²) in [6.07, 6.45) is 3.56. The van der Waals surface area contributed by atoms with Crippen LogP contribution in [0.2, 0.25) is 0 Å². The molecule has 2 bridgehead atoms. The molecule has 5 nitrogen and oxygen atoms in total. The summed E-state index contributed by atoms with van der Waals surface area (Å²) >= 11 is 0. The van der Waals surface area contributed by atoms with E-state index in [0.717, 1.165) is 31.2 Å². The quantitative estimate of drug-likeness (QED) is 0.801. The molecule has 0 amide bonds. The lowest BCUT2D eigenvalue weighted by atomic mass is 9.98. The van der Waals surface area contributed by atoms with E-state index in [-0.39, 0.29) is 25.4 Å². The maximum atomic E-state index is 12.4. The summed E-state index contributed by atoms with van der Waals surface area (Å²) in [7, 11) is 0. The number of nitrogens with zero attached hydrogens (tertiary/aromatic N) is 1. The van der Waals surface area contributed by atoms with Crippen LogP contribution in [0, 0.1) is 0 Å². The number of esters is 1. The number of ether oxygens (including phenoxy) is 1. The molecule has 2 N–H and O–H groups in total. The van der Waals surface area contributed by atoms with E-state index in [1.165, 1.54) is 0 Å². The van der Waals surface area contributed by atoms with Crippen LogP contribution >= 0.6 is 0 Å². The summed E-state index contributed by atoms with van der Waals surface area (Å²) in [4.78, 5) is 14.5. The van der Waals surface area contributed by atoms with Crippen LogP contribution in [0.4, 0.5) is 0 Å². The number of benzene rings is 1. The minimum atomic E-state index is -0.616. The van der Waals surface area contributed by atoms with E-state index in [0.29, 0.717) is 12.1 Å². The van der Waals surface area contributed by atoms with Gasteiger partial charge in [0.25, 0.3) is 0 Å². The van der Waals surface area contributed by atoms with E-state index >= 15 is 0 Å². The van der Waals surface area contributed by atoms with Crippen LogP contribution in [0.1, 0.15) is 37.2 Å². The zero-order valence-corrected chi connectivity index (χ0v) is 12.6. The number of aliphatic hydroxyl groups is 2. The highest BCUT2D eigenvalue weighted by Crippen LogP contribution is 2.36. The fourth-order valence-corrected chi connectivity index (χ4v) is 3.80. The normalized spacial score (nSPS) is 29.3. The Morgan fingerprint density at radius 2 is 1.82 bits per heavy atom. The van der Waals surface area contributed by atoms with E-state index in [4.69, 9.17) is 4.74 Å². The molecule has 120 valence electrons. The highest BCUT2D eigenvalue weighted by molar-refractivity contribution is 5.78. The van der Waals surface area contributed by atoms with Crippen molar-refractivity contribution in [3.63, 3.8) is 0 Å². The first-order valence-electron chi connectivity index (χ1n) is 7.95. The second kappa shape index (κ2) is 6.77. The molecule has 0 radical (unpaired) electrons. The van der Waals surface area contributed by atoms with Crippen molar-refractivity contribution in [3.8, 4) is 0 Å². The first-order valence-corrected chi connectivity index (χ1v) is 7.95. The van der Waals surface area contributed by atoms with Gasteiger partial charge in [0.15, 0.2) is 0 Å². The van der Waals surface area contributed by atoms with Gasteiger partial charge in [-0.15, -0.1) is 0 Å². The predicted molar refractivity (Wildman–Crippen MR) is 81.1 cm³/mol. The molecule has 0 spiro atoms. The lowest BCUT2D eigenvalue weighted by Crippen LogP contribution is -2.46. The van der Waals surface area contributed by atoms with Crippen molar-refractivity contribution in [1.82, 2.24) is 4.90 Å². The average Bonchev–Trinajstić information content (AvgIpc) is 2.79. The van der Waals surface area contributed by atoms with Gasteiger partial charge in [0, 0.05) is 24.9 Å². The zero-order chi connectivity index (χ0) is 15.5. The number of hydrogen-bond donors (Lipinski definition) is 2. The first kappa shape index (κ1) is 15.5. The van der Waals surface area contributed by atoms with Crippen LogP contribution < -0.4 is 0 Å². The molecule has 0 aliphatic carbocycles. The van der Waals surface area contributed by atoms with E-state index in [9.17, 15) is 15.0 Å². The third kappa shape index (κ3) is 3.02. The molecular weight excluding hydrogens is 282 g/mol. The van der Waals surface area contributed by atoms with Crippen molar-refractivity contribution in [2.75, 3.05) is 13.3 Å². The molecule has 5 heteroatoms. The van der Waals surface area contributed by atoms with E-state index in [1.54, 1.807) is 0 Å². The smallest absolute Gasteiger partial charge is 0.316 e. The standard InChI is InChI=1S/C17H23NO4/c19-10-16(12-4-2-1-3-5-12)17(21)22-15-8-13-6-7-14(9-15)18(13)11-20/h1-5,13-16,19-20H,6-11H2/t13-,14+,15+,16?. The number of rotatable bonds is 5. The topological polar surface area (TPSA) is 70.0 Å². The second-order valence-electron chi connectivity index (χ2n) is 6.22. The van der Waals surface area contributed by atoms with Crippen LogP contribution in [-0.2, 0) is 9.53 Å². The molecule has 2 saturated heterocycles. The highest BCUT2D eigenvalue weighted by atomic mass is 16.5. The predicted octanol–water partition coefficient (Wildman–Crippen LogP) is 1.25. The van der Waals surface area contributed by atoms with Crippen LogP contribution in [0.15, 0.2) is 30.3 Å². The summed E-state index contributed by atoms with van der Waals surface area (Å²) in [6.45, 7) is -0.162. The molecule has 0 aromatic heterocycles. The van der Waals surface area contributed by atoms with Gasteiger partial charge in [0.2, 0.25) is 0 Å². The van der Waals surface area contributed by atoms with Gasteiger partial charge in [-0.1, -0.05) is 30.3 Å². The molecule has 1 aromatic carbocycles. The van der Waals surface area contributed by atoms with Crippen molar-refractivity contribution < 1.29 is 19.7 Å². The number of hydrogen-bond acceptors (Lipinski definition) is 5. The Hall–Kier alpha value is -1.43. The third-order valence-corrected chi connectivity index (χ3v) is 4.96. The fraction of sp³-hybridized carbons (Fsp3) is 0.588. The van der Waals surface area contributed by atoms with Gasteiger partial charge in [0.1, 0.15) is 12.0 Å². The Kier molecular flexibility index (Phi) is 4.76. The van der Waals surface area contributed by atoms with Gasteiger partial charge < -0.3 is 14.9 Å². The van der Waals surface area contributed by atoms with Gasteiger partial charge >= 0.3 is 5.97 Å². The Bertz CT molecular complexity index is 493. The van der Waals surface area contributed by atoms with E-state index < -0.39 is 5.92 Å². The van der Waals surface area contributed by atoms with Crippen LogP contribution in [-0.4, -0.2) is 52.6 Å². The number of fused-ring (bicyclic) bond motifs is 2. The largest absolute Gasteiger partial charge is 0.462 e. The van der Waals surface area contributed by atoms with Crippen LogP contribution in [0.25, 0.3) is 0 Å². The Morgan fingerprint density at radius 1 is 1.18 bits per heavy atom. The minimum Gasteiger partial charge on any atom is -0.462 e. The summed E-state index contributed by atoms with van der Waals surface area (Å²) in [5, 5.41) is 18.9. The van der Waals surface area contributed by atoms with Crippen molar-refractivity contribution in [3.05, 3.63) is 35.9 Å². The maximum absolute atomic E-state index is 12.4. The van der Waals surface area contributed by atoms with Gasteiger partial charge in [-0.3, -0.25) is 9.69 Å². The van der Waals surface area contributed by atoms with Gasteiger partial charge in [-0.2, -0.15) is 0 Å². The van der Waals surface area contributed by atoms with E-state index in [1.807, 2.05) is 30.3 Å². The monoisotopic (exact) mass is 305 g/mol. The SMILES string of the molecule is O=C(O[C@H]1C[C@H]2CC[C@@H](C1)N2CO)C(CO)c1ccccc1. The van der Waals surface area contributed by atoms with Gasteiger partial charge in [-0.25, -0.2) is 0 Å². The summed E-state index contributed by atoms with van der Waals surface area (Å²) < 4.78 is 5.67. The van der Waals surface area contributed by atoms with Gasteiger partial charge in [-0.05, 0) is 18.4 Å². The summed E-state index contributed by atoms with van der Waals surface area (Å²) in [5.41, 5.74) is 0.783. The summed E-state index contributed by atoms with van der Waals surface area (Å²) in [5.74, 6) is -0.967. The zero-order valence-electron chi connectivity index (χ0n) is 12.6. The van der Waals surface area contributed by atoms with Crippen molar-refractivity contribution >= 4 is 5.97 Å². The van der Waals surface area contributed by atoms with Crippen molar-refractivity contribution in [1.29, 1.82) is 0 Å². The number of aliphatic hydroxyl groups excluding tert-OH is 2. The van der Waals surface area contributed by atoms with Gasteiger partial charge in [0.05, 0.1) is 13.3 Å². The average molecular weight is 305 g/mol. The van der Waals surface area contributed by atoms with Crippen LogP contribution in [0.3, 0.4) is 0 Å². The number of piperidine rings is 1. The molecule has 3 rings (SSSR count). The highest BCUT2D eigenvalue weighted by Gasteiger charge is 2.42. The number of carbonyl (C=O) groups excluding carboxylic acids is 1. The van der Waals surface area contributed by atoms with Crippen LogP contribution in [0.5, 0.6) is 0 Å². The molecular formula is C17H23NO4. The minimum absolute atomic E-state index is 0.0826. The molecule has 0 saturated carbocycles.